The SMILES string of the molecule is C=COCCCc1ccc(C(C=C)c2cc(C(C)(C)C)cc(C(C)(C)C)c2C)c(C)c1. The maximum atomic E-state index is 5.26. The molecule has 0 aromatic heterocycles. The smallest absolute Gasteiger partial charge is 0.0876 e. The molecule has 1 nitrogen and oxygen atoms in total. The van der Waals surface area contributed by atoms with E-state index in [0.29, 0.717) is 6.61 Å². The Morgan fingerprint density at radius 1 is 0.903 bits per heavy atom. The molecule has 0 saturated heterocycles. The van der Waals surface area contributed by atoms with Crippen LogP contribution in [0.1, 0.15) is 92.8 Å². The Morgan fingerprint density at radius 3 is 2.10 bits per heavy atom. The van der Waals surface area contributed by atoms with Crippen molar-refractivity contribution >= 4 is 0 Å². The fourth-order valence-electron chi connectivity index (χ4n) is 4.38. The molecule has 0 radical (unpaired) electrons. The normalized spacial score (nSPS) is 13.0. The molecule has 0 saturated carbocycles. The van der Waals surface area contributed by atoms with Gasteiger partial charge in [0.1, 0.15) is 0 Å². The van der Waals surface area contributed by atoms with Gasteiger partial charge >= 0.3 is 0 Å². The first-order valence-corrected chi connectivity index (χ1v) is 11.5. The average Bonchev–Trinajstić information content (AvgIpc) is 2.66. The van der Waals surface area contributed by atoms with Gasteiger partial charge in [-0.1, -0.05) is 84.5 Å². The minimum Gasteiger partial charge on any atom is -0.502 e. The zero-order valence-corrected chi connectivity index (χ0v) is 21.1. The monoisotopic (exact) mass is 418 g/mol. The maximum Gasteiger partial charge on any atom is 0.0876 e. The lowest BCUT2D eigenvalue weighted by atomic mass is 9.74. The molecule has 0 spiro atoms. The van der Waals surface area contributed by atoms with Crippen molar-refractivity contribution < 1.29 is 4.74 Å². The molecule has 1 unspecified atom stereocenters. The Morgan fingerprint density at radius 2 is 1.58 bits per heavy atom. The van der Waals surface area contributed by atoms with Crippen molar-refractivity contribution in [2.45, 2.75) is 85.0 Å². The Balaban J connectivity index is 2.53. The number of hydrogen-bond acceptors (Lipinski definition) is 1. The van der Waals surface area contributed by atoms with E-state index in [1.165, 1.54) is 45.2 Å². The van der Waals surface area contributed by atoms with E-state index in [1.54, 1.807) is 0 Å². The minimum absolute atomic E-state index is 0.0955. The van der Waals surface area contributed by atoms with Crippen molar-refractivity contribution in [3.05, 3.63) is 94.8 Å². The Labute approximate surface area is 191 Å². The summed E-state index contributed by atoms with van der Waals surface area (Å²) in [6.07, 6.45) is 5.64. The van der Waals surface area contributed by atoms with E-state index in [4.69, 9.17) is 4.74 Å². The maximum absolute atomic E-state index is 5.26. The van der Waals surface area contributed by atoms with Gasteiger partial charge in [0.25, 0.3) is 0 Å². The Bertz CT molecular complexity index is 919. The Kier molecular flexibility index (Phi) is 7.98. The molecule has 0 bridgehead atoms. The highest BCUT2D eigenvalue weighted by atomic mass is 16.5. The van der Waals surface area contributed by atoms with Crippen LogP contribution in [0.15, 0.2) is 55.8 Å². The van der Waals surface area contributed by atoms with Gasteiger partial charge in [0, 0.05) is 5.92 Å². The third-order valence-electron chi connectivity index (χ3n) is 6.21. The predicted octanol–water partition coefficient (Wildman–Crippen LogP) is 8.31. The van der Waals surface area contributed by atoms with Gasteiger partial charge in [-0.05, 0) is 76.5 Å². The second kappa shape index (κ2) is 9.90. The zero-order chi connectivity index (χ0) is 23.4. The third kappa shape index (κ3) is 6.12. The highest BCUT2D eigenvalue weighted by molar-refractivity contribution is 5.51. The van der Waals surface area contributed by atoms with Crippen LogP contribution in [0, 0.1) is 13.8 Å². The Hall–Kier alpha value is -2.28. The summed E-state index contributed by atoms with van der Waals surface area (Å²) >= 11 is 0. The summed E-state index contributed by atoms with van der Waals surface area (Å²) in [4.78, 5) is 0. The van der Waals surface area contributed by atoms with Crippen LogP contribution < -0.4 is 0 Å². The van der Waals surface area contributed by atoms with E-state index in [9.17, 15) is 0 Å². The average molecular weight is 419 g/mol. The molecule has 2 rings (SSSR count). The van der Waals surface area contributed by atoms with E-state index < -0.39 is 0 Å². The molecule has 1 heteroatoms. The van der Waals surface area contributed by atoms with Crippen LogP contribution in [0.5, 0.6) is 0 Å². The second-order valence-electron chi connectivity index (χ2n) is 10.8. The summed E-state index contributed by atoms with van der Waals surface area (Å²) in [5, 5.41) is 0. The van der Waals surface area contributed by atoms with Crippen molar-refractivity contribution in [1.82, 2.24) is 0 Å². The molecule has 31 heavy (non-hydrogen) atoms. The number of allylic oxidation sites excluding steroid dienone is 1. The molecule has 0 aliphatic heterocycles. The van der Waals surface area contributed by atoms with Crippen LogP contribution in [-0.2, 0) is 22.0 Å². The van der Waals surface area contributed by atoms with Crippen LogP contribution in [0.3, 0.4) is 0 Å². The van der Waals surface area contributed by atoms with Crippen molar-refractivity contribution in [3.63, 3.8) is 0 Å². The lowest BCUT2D eigenvalue weighted by Gasteiger charge is -2.31. The summed E-state index contributed by atoms with van der Waals surface area (Å²) in [7, 11) is 0. The highest BCUT2D eigenvalue weighted by Crippen LogP contribution is 2.39. The van der Waals surface area contributed by atoms with Gasteiger partial charge in [-0.2, -0.15) is 0 Å². The molecule has 0 amide bonds. The van der Waals surface area contributed by atoms with Gasteiger partial charge in [0.15, 0.2) is 0 Å². The molecule has 0 aliphatic rings. The standard InChI is InChI=1S/C30H42O/c1-11-25(26-16-15-23(18-21(26)3)14-13-17-31-12-2)27-19-24(29(5,6)7)20-28(22(27)4)30(8,9)10/h11-12,15-16,18-20,25H,1-2,13-14,17H2,3-10H3. The van der Waals surface area contributed by atoms with Crippen LogP contribution in [0.4, 0.5) is 0 Å². The summed E-state index contributed by atoms with van der Waals surface area (Å²) in [5.74, 6) is 0.182. The predicted molar refractivity (Wildman–Crippen MR) is 136 cm³/mol. The molecule has 0 aliphatic carbocycles. The molecule has 1 atom stereocenters. The fourth-order valence-corrected chi connectivity index (χ4v) is 4.38. The van der Waals surface area contributed by atoms with Gasteiger partial charge in [-0.25, -0.2) is 0 Å². The van der Waals surface area contributed by atoms with Crippen molar-refractivity contribution in [1.29, 1.82) is 0 Å². The lowest BCUT2D eigenvalue weighted by molar-refractivity contribution is 0.246. The van der Waals surface area contributed by atoms with Gasteiger partial charge in [0.05, 0.1) is 12.9 Å². The first-order chi connectivity index (χ1) is 14.4. The lowest BCUT2D eigenvalue weighted by Crippen LogP contribution is -2.20. The zero-order valence-electron chi connectivity index (χ0n) is 21.1. The highest BCUT2D eigenvalue weighted by Gasteiger charge is 2.26. The molecule has 0 N–H and O–H groups in total. The molecule has 0 fully saturated rings. The molecule has 2 aromatic rings. The van der Waals surface area contributed by atoms with Gasteiger partial charge in [-0.3, -0.25) is 0 Å². The van der Waals surface area contributed by atoms with E-state index in [2.05, 4.69) is 105 Å². The van der Waals surface area contributed by atoms with E-state index in [-0.39, 0.29) is 16.7 Å². The van der Waals surface area contributed by atoms with Crippen LogP contribution >= 0.6 is 0 Å². The molecule has 2 aromatic carbocycles. The summed E-state index contributed by atoms with van der Waals surface area (Å²) in [5.41, 5.74) is 9.80. The summed E-state index contributed by atoms with van der Waals surface area (Å²) < 4.78 is 5.26. The van der Waals surface area contributed by atoms with Gasteiger partial charge < -0.3 is 4.74 Å². The second-order valence-corrected chi connectivity index (χ2v) is 10.8. The van der Waals surface area contributed by atoms with Gasteiger partial charge in [0.2, 0.25) is 0 Å². The van der Waals surface area contributed by atoms with Gasteiger partial charge in [-0.15, -0.1) is 6.58 Å². The molecule has 168 valence electrons. The third-order valence-corrected chi connectivity index (χ3v) is 6.21. The largest absolute Gasteiger partial charge is 0.502 e. The van der Waals surface area contributed by atoms with Crippen LogP contribution in [0.25, 0.3) is 0 Å². The van der Waals surface area contributed by atoms with E-state index in [1.807, 2.05) is 0 Å². The summed E-state index contributed by atoms with van der Waals surface area (Å²) in [6.45, 7) is 26.9. The number of hydrogen-bond donors (Lipinski definition) is 0. The van der Waals surface area contributed by atoms with Crippen LogP contribution in [0.2, 0.25) is 0 Å². The van der Waals surface area contributed by atoms with Crippen LogP contribution in [-0.4, -0.2) is 6.61 Å². The minimum atomic E-state index is 0.0955. The number of rotatable bonds is 8. The molecular formula is C30H42O. The summed E-state index contributed by atoms with van der Waals surface area (Å²) in [6, 6.07) is 11.7. The first-order valence-electron chi connectivity index (χ1n) is 11.5. The van der Waals surface area contributed by atoms with E-state index in [0.717, 1.165) is 12.8 Å². The van der Waals surface area contributed by atoms with Crippen molar-refractivity contribution in [2.24, 2.45) is 0 Å². The molecular weight excluding hydrogens is 376 g/mol. The molecule has 0 heterocycles. The van der Waals surface area contributed by atoms with E-state index >= 15 is 0 Å². The topological polar surface area (TPSA) is 9.23 Å². The number of aryl methyl sites for hydroxylation is 2. The number of benzene rings is 2. The first kappa shape index (κ1) is 25.0. The fraction of sp³-hybridized carbons (Fsp3) is 0.467. The van der Waals surface area contributed by atoms with Crippen molar-refractivity contribution in [3.8, 4) is 0 Å². The quantitative estimate of drug-likeness (QED) is 0.238. The van der Waals surface area contributed by atoms with Crippen molar-refractivity contribution in [2.75, 3.05) is 6.61 Å². The number of ether oxygens (including phenoxy) is 1.